The maximum atomic E-state index is 13.8. The third-order valence-electron chi connectivity index (χ3n) is 3.79. The molecule has 0 radical (unpaired) electrons. The zero-order chi connectivity index (χ0) is 13.7. The molecule has 0 unspecified atom stereocenters. The van der Waals surface area contributed by atoms with Gasteiger partial charge >= 0.3 is 0 Å². The molecule has 0 saturated carbocycles. The first-order valence-corrected chi connectivity index (χ1v) is 6.52. The van der Waals surface area contributed by atoms with E-state index in [1.54, 1.807) is 10.7 Å². The summed E-state index contributed by atoms with van der Waals surface area (Å²) in [6.07, 6.45) is 0.792. The molecular formula is C14H17FN4. The molecule has 3 rings (SSSR count). The summed E-state index contributed by atoms with van der Waals surface area (Å²) in [4.78, 5) is 6.60. The average Bonchev–Trinajstić information content (AvgIpc) is 2.77. The lowest BCUT2D eigenvalue weighted by Gasteiger charge is -2.34. The second-order valence-corrected chi connectivity index (χ2v) is 5.00. The molecule has 0 spiro atoms. The van der Waals surface area contributed by atoms with Gasteiger partial charge in [0, 0.05) is 13.1 Å². The second kappa shape index (κ2) is 4.05. The van der Waals surface area contributed by atoms with E-state index in [1.807, 2.05) is 20.9 Å². The Bertz CT molecular complexity index is 647. The van der Waals surface area contributed by atoms with Gasteiger partial charge in [0.1, 0.15) is 11.6 Å². The van der Waals surface area contributed by atoms with Crippen LogP contribution in [0, 0.1) is 12.7 Å². The summed E-state index contributed by atoms with van der Waals surface area (Å²) in [5, 5.41) is 4.41. The molecule has 1 aliphatic heterocycles. The number of hydrogen-bond donors (Lipinski definition) is 0. The molecule has 5 heteroatoms. The third kappa shape index (κ3) is 1.64. The fourth-order valence-electron chi connectivity index (χ4n) is 2.72. The van der Waals surface area contributed by atoms with Crippen molar-refractivity contribution in [1.82, 2.24) is 14.8 Å². The molecule has 2 aromatic rings. The minimum Gasteiger partial charge on any atom is -0.363 e. The van der Waals surface area contributed by atoms with Crippen LogP contribution in [0.1, 0.15) is 37.1 Å². The van der Waals surface area contributed by atoms with Crippen LogP contribution in [0.25, 0.3) is 5.69 Å². The zero-order valence-corrected chi connectivity index (χ0v) is 11.6. The summed E-state index contributed by atoms with van der Waals surface area (Å²) in [6, 6.07) is 3.27. The summed E-state index contributed by atoms with van der Waals surface area (Å²) in [5.41, 5.74) is 2.84. The molecule has 0 saturated heterocycles. The monoisotopic (exact) mass is 260 g/mol. The van der Waals surface area contributed by atoms with Crippen molar-refractivity contribution in [3.05, 3.63) is 35.2 Å². The standard InChI is InChI=1S/C14H17FN4/c1-5-10-6-11(15)7-12-13(10)18(4)8(2)14-16-9(3)17-19(12)14/h6-8H,5H2,1-4H3/t8-/m0/s1. The molecule has 0 fully saturated rings. The van der Waals surface area contributed by atoms with Crippen molar-refractivity contribution >= 4 is 5.69 Å². The van der Waals surface area contributed by atoms with Gasteiger partial charge in [-0.1, -0.05) is 6.92 Å². The van der Waals surface area contributed by atoms with Crippen LogP contribution in [0.4, 0.5) is 10.1 Å². The molecule has 1 aliphatic rings. The van der Waals surface area contributed by atoms with Gasteiger partial charge in [-0.15, -0.1) is 0 Å². The Morgan fingerprint density at radius 2 is 2.11 bits per heavy atom. The summed E-state index contributed by atoms with van der Waals surface area (Å²) in [6.45, 7) is 5.99. The number of halogens is 1. The predicted molar refractivity (Wildman–Crippen MR) is 72.3 cm³/mol. The number of rotatable bonds is 1. The summed E-state index contributed by atoms with van der Waals surface area (Å²) in [5.74, 6) is 1.35. The van der Waals surface area contributed by atoms with Crippen molar-refractivity contribution in [2.45, 2.75) is 33.2 Å². The number of anilines is 1. The van der Waals surface area contributed by atoms with Crippen molar-refractivity contribution in [2.75, 3.05) is 11.9 Å². The van der Waals surface area contributed by atoms with Crippen LogP contribution in [0.2, 0.25) is 0 Å². The quantitative estimate of drug-likeness (QED) is 0.790. The summed E-state index contributed by atoms with van der Waals surface area (Å²) in [7, 11) is 2.02. The third-order valence-corrected chi connectivity index (χ3v) is 3.79. The Labute approximate surface area is 111 Å². The lowest BCUT2D eigenvalue weighted by Crippen LogP contribution is -2.31. The van der Waals surface area contributed by atoms with Crippen LogP contribution in [0.5, 0.6) is 0 Å². The number of benzene rings is 1. The van der Waals surface area contributed by atoms with Crippen LogP contribution < -0.4 is 4.90 Å². The fraction of sp³-hybridized carbons (Fsp3) is 0.429. The Hall–Kier alpha value is -1.91. The van der Waals surface area contributed by atoms with Crippen LogP contribution >= 0.6 is 0 Å². The maximum Gasteiger partial charge on any atom is 0.154 e. The van der Waals surface area contributed by atoms with Gasteiger partial charge in [-0.3, -0.25) is 0 Å². The molecule has 0 bridgehead atoms. The lowest BCUT2D eigenvalue weighted by atomic mass is 10.0. The van der Waals surface area contributed by atoms with Crippen molar-refractivity contribution in [3.8, 4) is 5.69 Å². The zero-order valence-electron chi connectivity index (χ0n) is 11.6. The molecule has 19 heavy (non-hydrogen) atoms. The van der Waals surface area contributed by atoms with E-state index >= 15 is 0 Å². The van der Waals surface area contributed by atoms with E-state index in [9.17, 15) is 4.39 Å². The van der Waals surface area contributed by atoms with Gasteiger partial charge in [-0.2, -0.15) is 5.10 Å². The minimum atomic E-state index is -0.224. The van der Waals surface area contributed by atoms with Crippen molar-refractivity contribution < 1.29 is 4.39 Å². The smallest absolute Gasteiger partial charge is 0.154 e. The topological polar surface area (TPSA) is 34.0 Å². The molecule has 1 aromatic heterocycles. The van der Waals surface area contributed by atoms with Crippen LogP contribution in [-0.2, 0) is 6.42 Å². The second-order valence-electron chi connectivity index (χ2n) is 5.00. The van der Waals surface area contributed by atoms with Gasteiger partial charge in [0.25, 0.3) is 0 Å². The van der Waals surface area contributed by atoms with Gasteiger partial charge < -0.3 is 4.90 Å². The minimum absolute atomic E-state index is 0.129. The van der Waals surface area contributed by atoms with E-state index in [0.717, 1.165) is 29.2 Å². The lowest BCUT2D eigenvalue weighted by molar-refractivity contribution is 0.597. The van der Waals surface area contributed by atoms with E-state index in [0.29, 0.717) is 5.82 Å². The Balaban J connectivity index is 2.35. The Morgan fingerprint density at radius 3 is 2.79 bits per heavy atom. The van der Waals surface area contributed by atoms with E-state index in [-0.39, 0.29) is 11.9 Å². The molecule has 100 valence electrons. The summed E-state index contributed by atoms with van der Waals surface area (Å²) >= 11 is 0. The Kier molecular flexibility index (Phi) is 2.59. The maximum absolute atomic E-state index is 13.8. The van der Waals surface area contributed by atoms with E-state index in [1.165, 1.54) is 6.07 Å². The van der Waals surface area contributed by atoms with E-state index in [4.69, 9.17) is 0 Å². The molecule has 4 nitrogen and oxygen atoms in total. The van der Waals surface area contributed by atoms with Gasteiger partial charge in [0.05, 0.1) is 17.4 Å². The number of hydrogen-bond acceptors (Lipinski definition) is 3. The molecule has 2 heterocycles. The molecule has 0 aliphatic carbocycles. The predicted octanol–water partition coefficient (Wildman–Crippen LogP) is 2.79. The number of fused-ring (bicyclic) bond motifs is 3. The van der Waals surface area contributed by atoms with Crippen molar-refractivity contribution in [2.24, 2.45) is 0 Å². The molecule has 0 amide bonds. The Morgan fingerprint density at radius 1 is 1.37 bits per heavy atom. The molecule has 1 atom stereocenters. The van der Waals surface area contributed by atoms with Gasteiger partial charge in [0.15, 0.2) is 5.82 Å². The first-order chi connectivity index (χ1) is 9.02. The fourth-order valence-corrected chi connectivity index (χ4v) is 2.72. The highest BCUT2D eigenvalue weighted by Gasteiger charge is 2.30. The number of aromatic nitrogens is 3. The van der Waals surface area contributed by atoms with E-state index < -0.39 is 0 Å². The van der Waals surface area contributed by atoms with Crippen molar-refractivity contribution in [3.63, 3.8) is 0 Å². The first-order valence-electron chi connectivity index (χ1n) is 6.52. The van der Waals surface area contributed by atoms with Gasteiger partial charge in [-0.05, 0) is 31.9 Å². The highest BCUT2D eigenvalue weighted by Crippen LogP contribution is 2.39. The summed E-state index contributed by atoms with van der Waals surface area (Å²) < 4.78 is 15.6. The highest BCUT2D eigenvalue weighted by atomic mass is 19.1. The normalized spacial score (nSPS) is 17.3. The van der Waals surface area contributed by atoms with Crippen molar-refractivity contribution in [1.29, 1.82) is 0 Å². The molecular weight excluding hydrogens is 243 g/mol. The van der Waals surface area contributed by atoms with Gasteiger partial charge in [-0.25, -0.2) is 14.1 Å². The molecule has 1 aromatic carbocycles. The molecule has 0 N–H and O–H groups in total. The largest absolute Gasteiger partial charge is 0.363 e. The average molecular weight is 260 g/mol. The highest BCUT2D eigenvalue weighted by molar-refractivity contribution is 5.70. The number of nitrogens with zero attached hydrogens (tertiary/aromatic N) is 4. The SMILES string of the molecule is CCc1cc(F)cc2c1N(C)[C@@H](C)c1nc(C)nn1-2. The van der Waals surface area contributed by atoms with Gasteiger partial charge in [0.2, 0.25) is 0 Å². The van der Waals surface area contributed by atoms with E-state index in [2.05, 4.69) is 21.9 Å². The van der Waals surface area contributed by atoms with Crippen LogP contribution in [0.3, 0.4) is 0 Å². The number of aryl methyl sites for hydroxylation is 2. The van der Waals surface area contributed by atoms with Crippen LogP contribution in [0.15, 0.2) is 12.1 Å². The first kappa shape index (κ1) is 12.1. The van der Waals surface area contributed by atoms with Crippen LogP contribution in [-0.4, -0.2) is 21.8 Å².